The molecule has 0 bridgehead atoms. The molecule has 0 N–H and O–H groups in total. The highest BCUT2D eigenvalue weighted by molar-refractivity contribution is 9.10. The van der Waals surface area contributed by atoms with Gasteiger partial charge in [0.2, 0.25) is 10.0 Å². The summed E-state index contributed by atoms with van der Waals surface area (Å²) in [6, 6.07) is 12.9. The van der Waals surface area contributed by atoms with Crippen molar-refractivity contribution in [2.45, 2.75) is 4.90 Å². The zero-order chi connectivity index (χ0) is 21.3. The molecule has 2 aromatic carbocycles. The van der Waals surface area contributed by atoms with E-state index in [1.165, 1.54) is 39.9 Å². The molecule has 156 valence electrons. The summed E-state index contributed by atoms with van der Waals surface area (Å²) in [7, 11) is -3.69. The van der Waals surface area contributed by atoms with E-state index in [1.807, 2.05) is 29.6 Å². The number of nitro groups is 1. The summed E-state index contributed by atoms with van der Waals surface area (Å²) >= 11 is 5.00. The van der Waals surface area contributed by atoms with Gasteiger partial charge in [0.15, 0.2) is 5.13 Å². The molecule has 2 heterocycles. The van der Waals surface area contributed by atoms with Gasteiger partial charge in [-0.2, -0.15) is 4.31 Å². The first-order chi connectivity index (χ1) is 14.3. The summed E-state index contributed by atoms with van der Waals surface area (Å²) in [4.78, 5) is 17.1. The third kappa shape index (κ3) is 4.24. The molecule has 1 aliphatic heterocycles. The molecule has 30 heavy (non-hydrogen) atoms. The molecule has 3 aromatic rings. The molecule has 8 nitrogen and oxygen atoms in total. The van der Waals surface area contributed by atoms with Gasteiger partial charge in [0.25, 0.3) is 5.69 Å². The Morgan fingerprint density at radius 2 is 1.77 bits per heavy atom. The lowest BCUT2D eigenvalue weighted by Gasteiger charge is -2.33. The van der Waals surface area contributed by atoms with Crippen LogP contribution >= 0.6 is 27.3 Å². The van der Waals surface area contributed by atoms with Crippen molar-refractivity contribution in [3.63, 3.8) is 0 Å². The second-order valence-corrected chi connectivity index (χ2v) is 10.4. The summed E-state index contributed by atoms with van der Waals surface area (Å²) < 4.78 is 28.1. The minimum absolute atomic E-state index is 0.0627. The minimum Gasteiger partial charge on any atom is -0.345 e. The predicted molar refractivity (Wildman–Crippen MR) is 119 cm³/mol. The highest BCUT2D eigenvalue weighted by atomic mass is 79.9. The monoisotopic (exact) mass is 508 g/mol. The molecule has 1 fully saturated rings. The summed E-state index contributed by atoms with van der Waals surface area (Å²) in [5.74, 6) is 0. The van der Waals surface area contributed by atoms with Gasteiger partial charge in [-0.05, 0) is 24.3 Å². The zero-order valence-electron chi connectivity index (χ0n) is 15.6. The highest BCUT2D eigenvalue weighted by Gasteiger charge is 2.29. The van der Waals surface area contributed by atoms with Crippen molar-refractivity contribution < 1.29 is 13.3 Å². The lowest BCUT2D eigenvalue weighted by Crippen LogP contribution is -2.48. The van der Waals surface area contributed by atoms with Crippen LogP contribution in [0.1, 0.15) is 0 Å². The Morgan fingerprint density at radius 3 is 2.40 bits per heavy atom. The number of nitrogens with zero attached hydrogens (tertiary/aromatic N) is 4. The number of benzene rings is 2. The molecule has 0 aliphatic carbocycles. The van der Waals surface area contributed by atoms with Crippen molar-refractivity contribution in [2.24, 2.45) is 0 Å². The average molecular weight is 509 g/mol. The van der Waals surface area contributed by atoms with Crippen LogP contribution in [0, 0.1) is 10.1 Å². The number of hydrogen-bond acceptors (Lipinski definition) is 7. The number of rotatable bonds is 5. The number of hydrogen-bond donors (Lipinski definition) is 0. The van der Waals surface area contributed by atoms with Gasteiger partial charge in [0.1, 0.15) is 0 Å². The van der Waals surface area contributed by atoms with Gasteiger partial charge in [-0.3, -0.25) is 10.1 Å². The second kappa shape index (κ2) is 8.42. The Morgan fingerprint density at radius 1 is 1.07 bits per heavy atom. The van der Waals surface area contributed by atoms with Gasteiger partial charge in [0.05, 0.1) is 15.5 Å². The van der Waals surface area contributed by atoms with Crippen LogP contribution in [0.3, 0.4) is 0 Å². The molecule has 0 saturated carbocycles. The fourth-order valence-electron chi connectivity index (χ4n) is 3.20. The normalized spacial score (nSPS) is 15.3. The number of non-ortho nitro benzene ring substituents is 1. The molecular weight excluding hydrogens is 492 g/mol. The SMILES string of the molecule is O=[N+]([O-])c1ccc(S(=O)(=O)N2CCN(c3nc(-c4cccc(Br)c4)cs3)CC2)cc1. The summed E-state index contributed by atoms with van der Waals surface area (Å²) in [6.45, 7) is 1.70. The Kier molecular flexibility index (Phi) is 5.87. The molecular formula is C19H17BrN4O4S2. The molecule has 1 aliphatic rings. The van der Waals surface area contributed by atoms with Crippen molar-refractivity contribution in [2.75, 3.05) is 31.1 Å². The first-order valence-corrected chi connectivity index (χ1v) is 12.2. The maximum Gasteiger partial charge on any atom is 0.269 e. The third-order valence-electron chi connectivity index (χ3n) is 4.81. The van der Waals surface area contributed by atoms with Gasteiger partial charge in [0, 0.05) is 53.7 Å². The molecule has 0 atom stereocenters. The molecule has 1 saturated heterocycles. The predicted octanol–water partition coefficient (Wildman–Crippen LogP) is 3.99. The third-order valence-corrected chi connectivity index (χ3v) is 8.11. The average Bonchev–Trinajstić information content (AvgIpc) is 3.24. The van der Waals surface area contributed by atoms with E-state index in [0.29, 0.717) is 26.2 Å². The van der Waals surface area contributed by atoms with Gasteiger partial charge >= 0.3 is 0 Å². The van der Waals surface area contributed by atoms with Gasteiger partial charge in [-0.15, -0.1) is 11.3 Å². The van der Waals surface area contributed by atoms with E-state index in [2.05, 4.69) is 20.8 Å². The largest absolute Gasteiger partial charge is 0.345 e. The van der Waals surface area contributed by atoms with Crippen LogP contribution in [-0.4, -0.2) is 48.8 Å². The fourth-order valence-corrected chi connectivity index (χ4v) is 5.91. The minimum atomic E-state index is -3.69. The maximum absolute atomic E-state index is 12.9. The molecule has 0 amide bonds. The zero-order valence-corrected chi connectivity index (χ0v) is 18.9. The molecule has 11 heteroatoms. The van der Waals surface area contributed by atoms with Crippen molar-refractivity contribution in [1.29, 1.82) is 0 Å². The van der Waals surface area contributed by atoms with Gasteiger partial charge in [-0.25, -0.2) is 13.4 Å². The van der Waals surface area contributed by atoms with Crippen molar-refractivity contribution in [3.05, 3.63) is 68.5 Å². The van der Waals surface area contributed by atoms with Crippen LogP contribution in [0.5, 0.6) is 0 Å². The Labute approximate surface area is 186 Å². The van der Waals surface area contributed by atoms with Gasteiger partial charge in [-0.1, -0.05) is 28.1 Å². The van der Waals surface area contributed by atoms with Crippen LogP contribution in [0.25, 0.3) is 11.3 Å². The quantitative estimate of drug-likeness (QED) is 0.381. The first kappa shape index (κ1) is 20.9. The van der Waals surface area contributed by atoms with Crippen molar-refractivity contribution >= 4 is 48.1 Å². The van der Waals surface area contributed by atoms with E-state index in [4.69, 9.17) is 4.98 Å². The van der Waals surface area contributed by atoms with Gasteiger partial charge < -0.3 is 4.90 Å². The molecule has 0 unspecified atom stereocenters. The summed E-state index contributed by atoms with van der Waals surface area (Å²) in [5.41, 5.74) is 1.77. The number of aromatic nitrogens is 1. The van der Waals surface area contributed by atoms with E-state index < -0.39 is 14.9 Å². The fraction of sp³-hybridized carbons (Fsp3) is 0.211. The molecule has 0 radical (unpaired) electrons. The van der Waals surface area contributed by atoms with Crippen LogP contribution in [-0.2, 0) is 10.0 Å². The Hall–Kier alpha value is -2.34. The number of piperazine rings is 1. The van der Waals surface area contributed by atoms with Crippen LogP contribution < -0.4 is 4.90 Å². The number of nitro benzene ring substituents is 1. The first-order valence-electron chi connectivity index (χ1n) is 9.05. The number of anilines is 1. The topological polar surface area (TPSA) is 96.6 Å². The number of sulfonamides is 1. The molecule has 0 spiro atoms. The molecule has 4 rings (SSSR count). The van der Waals surface area contributed by atoms with E-state index in [-0.39, 0.29) is 10.6 Å². The second-order valence-electron chi connectivity index (χ2n) is 6.67. The standard InChI is InChI=1S/C19H17BrN4O4S2/c20-15-3-1-2-14(12-15)18-13-29-19(21-18)22-8-10-23(11-9-22)30(27,28)17-6-4-16(5-7-17)24(25)26/h1-7,12-13H,8-11H2. The van der Waals surface area contributed by atoms with E-state index >= 15 is 0 Å². The Bertz CT molecular complexity index is 1170. The van der Waals surface area contributed by atoms with Crippen LogP contribution in [0.2, 0.25) is 0 Å². The lowest BCUT2D eigenvalue weighted by molar-refractivity contribution is -0.384. The lowest BCUT2D eigenvalue weighted by atomic mass is 10.2. The van der Waals surface area contributed by atoms with Crippen LogP contribution in [0.15, 0.2) is 63.3 Å². The van der Waals surface area contributed by atoms with E-state index in [1.54, 1.807) is 0 Å². The number of halogens is 1. The van der Waals surface area contributed by atoms with E-state index in [0.717, 1.165) is 20.9 Å². The summed E-state index contributed by atoms with van der Waals surface area (Å²) in [5, 5.41) is 13.6. The maximum atomic E-state index is 12.9. The highest BCUT2D eigenvalue weighted by Crippen LogP contribution is 2.30. The summed E-state index contributed by atoms with van der Waals surface area (Å²) in [6.07, 6.45) is 0. The van der Waals surface area contributed by atoms with E-state index in [9.17, 15) is 18.5 Å². The smallest absolute Gasteiger partial charge is 0.269 e. The Balaban J connectivity index is 1.44. The van der Waals surface area contributed by atoms with Crippen molar-refractivity contribution in [1.82, 2.24) is 9.29 Å². The number of thiazole rings is 1. The van der Waals surface area contributed by atoms with Crippen molar-refractivity contribution in [3.8, 4) is 11.3 Å². The molecule has 1 aromatic heterocycles. The van der Waals surface area contributed by atoms with Crippen LogP contribution in [0.4, 0.5) is 10.8 Å².